The molecular formula is C29H23F3N6O5. The Morgan fingerprint density at radius 1 is 1.02 bits per heavy atom. The van der Waals surface area contributed by atoms with Gasteiger partial charge in [-0.05, 0) is 55.2 Å². The van der Waals surface area contributed by atoms with Crippen LogP contribution in [0.25, 0.3) is 16.6 Å². The van der Waals surface area contributed by atoms with Gasteiger partial charge in [-0.25, -0.2) is 9.67 Å². The molecular weight excluding hydrogens is 569 g/mol. The number of hydrogen-bond donors (Lipinski definition) is 1. The summed E-state index contributed by atoms with van der Waals surface area (Å²) in [6, 6.07) is 10.6. The number of hydrogen-bond acceptors (Lipinski definition) is 9. The highest BCUT2D eigenvalue weighted by molar-refractivity contribution is 6.04. The van der Waals surface area contributed by atoms with Crippen LogP contribution in [-0.2, 0) is 0 Å². The Kier molecular flexibility index (Phi) is 7.40. The Morgan fingerprint density at radius 2 is 1.88 bits per heavy atom. The van der Waals surface area contributed by atoms with E-state index < -0.39 is 18.0 Å². The first-order valence-corrected chi connectivity index (χ1v) is 13.1. The molecule has 6 rings (SSSR count). The van der Waals surface area contributed by atoms with Gasteiger partial charge in [0.2, 0.25) is 0 Å². The van der Waals surface area contributed by atoms with Crippen molar-refractivity contribution in [2.45, 2.75) is 19.2 Å². The zero-order valence-electron chi connectivity index (χ0n) is 22.5. The number of aromatic nitrogens is 5. The van der Waals surface area contributed by atoms with Gasteiger partial charge in [-0.15, -0.1) is 13.2 Å². The summed E-state index contributed by atoms with van der Waals surface area (Å²) in [6.07, 6.45) is 4.94. The number of benzene rings is 1. The second-order valence-corrected chi connectivity index (χ2v) is 9.56. The molecule has 5 aromatic rings. The first kappa shape index (κ1) is 27.8. The number of carbonyl (C=O) groups is 1. The minimum atomic E-state index is -4.92. The van der Waals surface area contributed by atoms with Crippen molar-refractivity contribution in [1.29, 1.82) is 0 Å². The third kappa shape index (κ3) is 6.58. The molecule has 0 spiro atoms. The van der Waals surface area contributed by atoms with Crippen molar-refractivity contribution in [1.82, 2.24) is 24.7 Å². The smallest absolute Gasteiger partial charge is 0.493 e. The van der Waals surface area contributed by atoms with Crippen molar-refractivity contribution >= 4 is 22.6 Å². The number of methoxy groups -OCH3 is 1. The van der Waals surface area contributed by atoms with Gasteiger partial charge >= 0.3 is 6.36 Å². The second kappa shape index (κ2) is 11.5. The molecule has 14 heteroatoms. The first-order valence-electron chi connectivity index (χ1n) is 13.1. The van der Waals surface area contributed by atoms with Crippen LogP contribution >= 0.6 is 0 Å². The average molecular weight is 593 g/mol. The molecule has 0 unspecified atom stereocenters. The number of ether oxygens (including phenoxy) is 4. The normalized spacial score (nSPS) is 13.0. The summed E-state index contributed by atoms with van der Waals surface area (Å²) in [5.74, 6) is 0.280. The minimum absolute atomic E-state index is 0.0854. The van der Waals surface area contributed by atoms with E-state index in [1.165, 1.54) is 42.4 Å². The Balaban J connectivity index is 1.20. The predicted molar refractivity (Wildman–Crippen MR) is 147 cm³/mol. The number of nitrogens with one attached hydrogen (secondary N) is 1. The van der Waals surface area contributed by atoms with Crippen LogP contribution in [0.15, 0.2) is 73.4 Å². The Hall–Kier alpha value is -5.40. The number of rotatable bonds is 10. The summed E-state index contributed by atoms with van der Waals surface area (Å²) in [7, 11) is 1.23. The van der Waals surface area contributed by atoms with Crippen LogP contribution in [0.2, 0.25) is 0 Å². The molecule has 11 nitrogen and oxygen atoms in total. The Morgan fingerprint density at radius 3 is 2.58 bits per heavy atom. The van der Waals surface area contributed by atoms with Crippen LogP contribution < -0.4 is 24.3 Å². The van der Waals surface area contributed by atoms with Gasteiger partial charge in [-0.2, -0.15) is 5.10 Å². The molecule has 0 bridgehead atoms. The molecule has 0 saturated heterocycles. The molecule has 43 heavy (non-hydrogen) atoms. The SMILES string of the molecule is COc1cc2nccc(Oc3ccc(NC(=O)c4nn(-c5cccnc5)cc4OCC4CC4)nc3)c2cc1OC(F)(F)F. The molecule has 1 aromatic carbocycles. The zero-order valence-corrected chi connectivity index (χ0v) is 22.5. The van der Waals surface area contributed by atoms with Gasteiger partial charge in [-0.1, -0.05) is 0 Å². The number of fused-ring (bicyclic) bond motifs is 1. The fourth-order valence-corrected chi connectivity index (χ4v) is 4.13. The van der Waals surface area contributed by atoms with Gasteiger partial charge in [-0.3, -0.25) is 14.8 Å². The number of carbonyl (C=O) groups excluding carboxylic acids is 1. The maximum absolute atomic E-state index is 13.2. The highest BCUT2D eigenvalue weighted by atomic mass is 19.4. The lowest BCUT2D eigenvalue weighted by Crippen LogP contribution is -2.17. The largest absolute Gasteiger partial charge is 0.573 e. The minimum Gasteiger partial charge on any atom is -0.493 e. The molecule has 220 valence electrons. The topological polar surface area (TPSA) is 123 Å². The summed E-state index contributed by atoms with van der Waals surface area (Å²) in [6.45, 7) is 0.490. The molecule has 1 saturated carbocycles. The van der Waals surface area contributed by atoms with E-state index in [0.717, 1.165) is 18.9 Å². The highest BCUT2D eigenvalue weighted by Gasteiger charge is 2.33. The third-order valence-corrected chi connectivity index (χ3v) is 6.40. The van der Waals surface area contributed by atoms with Crippen LogP contribution in [0, 0.1) is 5.92 Å². The standard InChI is InChI=1S/C29H23F3N6O5/c1-40-23-12-21-20(11-24(23)43-29(30,31)32)22(8-10-34-21)42-19-6-7-26(35-14-19)36-28(39)27-25(41-16-17-4-5-17)15-38(37-27)18-3-2-9-33-13-18/h2-3,6-15,17H,4-5,16H2,1H3,(H,35,36,39). The molecule has 4 aromatic heterocycles. The van der Waals surface area contributed by atoms with Gasteiger partial charge in [0.25, 0.3) is 5.91 Å². The van der Waals surface area contributed by atoms with Gasteiger partial charge in [0.15, 0.2) is 22.9 Å². The molecule has 1 aliphatic carbocycles. The maximum atomic E-state index is 13.2. The van der Waals surface area contributed by atoms with E-state index in [4.69, 9.17) is 14.2 Å². The summed E-state index contributed by atoms with van der Waals surface area (Å²) < 4.78 is 61.3. The Labute approximate surface area is 242 Å². The van der Waals surface area contributed by atoms with Crippen LogP contribution in [0.5, 0.6) is 28.7 Å². The number of nitrogens with zero attached hydrogens (tertiary/aromatic N) is 5. The molecule has 0 aliphatic heterocycles. The van der Waals surface area contributed by atoms with Crippen LogP contribution in [0.3, 0.4) is 0 Å². The number of halogens is 3. The van der Waals surface area contributed by atoms with Crippen molar-refractivity contribution in [3.63, 3.8) is 0 Å². The monoisotopic (exact) mass is 592 g/mol. The number of alkyl halides is 3. The number of amides is 1. The van der Waals surface area contributed by atoms with Gasteiger partial charge in [0.1, 0.15) is 17.3 Å². The average Bonchev–Trinajstić information content (AvgIpc) is 3.73. The zero-order chi connectivity index (χ0) is 30.0. The third-order valence-electron chi connectivity index (χ3n) is 6.40. The van der Waals surface area contributed by atoms with E-state index in [1.54, 1.807) is 36.8 Å². The fraction of sp³-hybridized carbons (Fsp3) is 0.207. The first-order chi connectivity index (χ1) is 20.8. The lowest BCUT2D eigenvalue weighted by atomic mass is 10.2. The lowest BCUT2D eigenvalue weighted by Gasteiger charge is -2.15. The van der Waals surface area contributed by atoms with Crippen LogP contribution in [0.1, 0.15) is 23.3 Å². The molecule has 4 heterocycles. The molecule has 0 atom stereocenters. The molecule has 1 aliphatic rings. The van der Waals surface area contributed by atoms with Gasteiger partial charge in [0.05, 0.1) is 43.5 Å². The summed E-state index contributed by atoms with van der Waals surface area (Å²) in [5.41, 5.74) is 1.07. The quantitative estimate of drug-likeness (QED) is 0.210. The number of pyridine rings is 3. The fourth-order valence-electron chi connectivity index (χ4n) is 4.13. The predicted octanol–water partition coefficient (Wildman–Crippen LogP) is 5.95. The summed E-state index contributed by atoms with van der Waals surface area (Å²) >= 11 is 0. The highest BCUT2D eigenvalue weighted by Crippen LogP contribution is 2.39. The summed E-state index contributed by atoms with van der Waals surface area (Å²) in [4.78, 5) is 25.7. The molecule has 1 fully saturated rings. The lowest BCUT2D eigenvalue weighted by molar-refractivity contribution is -0.275. The van der Waals surface area contributed by atoms with Crippen LogP contribution in [0.4, 0.5) is 19.0 Å². The summed E-state index contributed by atoms with van der Waals surface area (Å²) in [5, 5.41) is 7.37. The van der Waals surface area contributed by atoms with E-state index >= 15 is 0 Å². The Bertz CT molecular complexity index is 1760. The van der Waals surface area contributed by atoms with E-state index in [2.05, 4.69) is 30.1 Å². The molecule has 1 amide bonds. The second-order valence-electron chi connectivity index (χ2n) is 9.56. The van der Waals surface area contributed by atoms with Crippen LogP contribution in [-0.4, -0.2) is 50.7 Å². The van der Waals surface area contributed by atoms with Gasteiger partial charge in [0, 0.05) is 23.8 Å². The van der Waals surface area contributed by atoms with Crippen molar-refractivity contribution in [3.05, 3.63) is 79.1 Å². The van der Waals surface area contributed by atoms with E-state index in [9.17, 15) is 18.0 Å². The molecule has 1 N–H and O–H groups in total. The van der Waals surface area contributed by atoms with Crippen molar-refractivity contribution < 1.29 is 36.9 Å². The van der Waals surface area contributed by atoms with E-state index in [1.807, 2.05) is 0 Å². The maximum Gasteiger partial charge on any atom is 0.573 e. The van der Waals surface area contributed by atoms with E-state index in [0.29, 0.717) is 29.5 Å². The van der Waals surface area contributed by atoms with Crippen molar-refractivity contribution in [3.8, 4) is 34.4 Å². The molecule has 0 radical (unpaired) electrons. The van der Waals surface area contributed by atoms with Crippen molar-refractivity contribution in [2.24, 2.45) is 5.92 Å². The van der Waals surface area contributed by atoms with E-state index in [-0.39, 0.29) is 34.1 Å². The number of anilines is 1. The van der Waals surface area contributed by atoms with Gasteiger partial charge < -0.3 is 24.3 Å². The van der Waals surface area contributed by atoms with Crippen molar-refractivity contribution in [2.75, 3.05) is 19.0 Å².